The van der Waals surface area contributed by atoms with E-state index in [9.17, 15) is 4.79 Å². The Labute approximate surface area is 71.8 Å². The monoisotopic (exact) mass is 176 g/mol. The van der Waals surface area contributed by atoms with E-state index in [4.69, 9.17) is 15.3 Å². The van der Waals surface area contributed by atoms with Crippen molar-refractivity contribution >= 4 is 6.29 Å². The van der Waals surface area contributed by atoms with Crippen molar-refractivity contribution in [3.8, 4) is 0 Å². The zero-order chi connectivity index (χ0) is 9.61. The van der Waals surface area contributed by atoms with E-state index in [1.165, 1.54) is 0 Å². The molecule has 0 spiro atoms. The van der Waals surface area contributed by atoms with Gasteiger partial charge in [0.1, 0.15) is 6.29 Å². The second-order valence-electron chi connectivity index (χ2n) is 3.14. The van der Waals surface area contributed by atoms with Crippen LogP contribution in [0.2, 0.25) is 0 Å². The second kappa shape index (κ2) is 5.24. The first-order valence-corrected chi connectivity index (χ1v) is 3.93. The molecule has 4 nitrogen and oxygen atoms in total. The molecule has 0 heterocycles. The van der Waals surface area contributed by atoms with Gasteiger partial charge >= 0.3 is 0 Å². The number of rotatable bonds is 6. The molecule has 1 atom stereocenters. The van der Waals surface area contributed by atoms with Gasteiger partial charge in [0.05, 0.1) is 19.8 Å². The number of aliphatic hydroxyl groups is 3. The van der Waals surface area contributed by atoms with E-state index in [1.807, 2.05) is 0 Å². The molecule has 1 unspecified atom stereocenters. The zero-order valence-electron chi connectivity index (χ0n) is 7.23. The number of aliphatic hydroxyl groups excluding tert-OH is 3. The van der Waals surface area contributed by atoms with Crippen LogP contribution in [-0.2, 0) is 4.79 Å². The van der Waals surface area contributed by atoms with Crippen molar-refractivity contribution in [3.05, 3.63) is 0 Å². The first-order chi connectivity index (χ1) is 5.66. The highest BCUT2D eigenvalue weighted by Crippen LogP contribution is 2.27. The predicted octanol–water partition coefficient (Wildman–Crippen LogP) is -0.825. The average molecular weight is 176 g/mol. The topological polar surface area (TPSA) is 77.8 Å². The summed E-state index contributed by atoms with van der Waals surface area (Å²) in [7, 11) is 0. The van der Waals surface area contributed by atoms with Crippen LogP contribution in [0.25, 0.3) is 0 Å². The van der Waals surface area contributed by atoms with Gasteiger partial charge in [0, 0.05) is 11.8 Å². The lowest BCUT2D eigenvalue weighted by atomic mass is 9.77. The summed E-state index contributed by atoms with van der Waals surface area (Å²) in [6.45, 7) is 0.788. The molecule has 0 aromatic carbocycles. The Bertz CT molecular complexity index is 123. The maximum atomic E-state index is 10.2. The lowest BCUT2D eigenvalue weighted by Crippen LogP contribution is -2.40. The first-order valence-electron chi connectivity index (χ1n) is 3.93. The van der Waals surface area contributed by atoms with Gasteiger partial charge in [-0.05, 0) is 5.92 Å². The van der Waals surface area contributed by atoms with Crippen molar-refractivity contribution in [1.82, 2.24) is 0 Å². The van der Waals surface area contributed by atoms with Crippen LogP contribution in [0.1, 0.15) is 13.3 Å². The van der Waals surface area contributed by atoms with E-state index >= 15 is 0 Å². The van der Waals surface area contributed by atoms with Gasteiger partial charge in [0.15, 0.2) is 0 Å². The Hall–Kier alpha value is -0.450. The van der Waals surface area contributed by atoms with Crippen LogP contribution >= 0.6 is 0 Å². The minimum atomic E-state index is -0.930. The molecule has 0 aliphatic rings. The summed E-state index contributed by atoms with van der Waals surface area (Å²) in [5.41, 5.74) is -0.930. The second-order valence-corrected chi connectivity index (χ2v) is 3.14. The summed E-state index contributed by atoms with van der Waals surface area (Å²) in [5, 5.41) is 26.8. The normalized spacial score (nSPS) is 14.3. The first kappa shape index (κ1) is 11.6. The maximum Gasteiger partial charge on any atom is 0.120 e. The van der Waals surface area contributed by atoms with E-state index < -0.39 is 5.41 Å². The minimum absolute atomic E-state index is 0.213. The smallest absolute Gasteiger partial charge is 0.120 e. The molecule has 0 saturated heterocycles. The van der Waals surface area contributed by atoms with Gasteiger partial charge in [0.25, 0.3) is 0 Å². The average Bonchev–Trinajstić information content (AvgIpc) is 2.09. The molecule has 12 heavy (non-hydrogen) atoms. The highest BCUT2D eigenvalue weighted by molar-refractivity contribution is 5.49. The molecule has 0 fully saturated rings. The van der Waals surface area contributed by atoms with Crippen LogP contribution in [0, 0.1) is 11.3 Å². The van der Waals surface area contributed by atoms with Crippen LogP contribution in [-0.4, -0.2) is 41.4 Å². The fourth-order valence-electron chi connectivity index (χ4n) is 1.01. The van der Waals surface area contributed by atoms with Crippen LogP contribution < -0.4 is 0 Å². The molecule has 0 amide bonds. The largest absolute Gasteiger partial charge is 0.396 e. The summed E-state index contributed by atoms with van der Waals surface area (Å²) < 4.78 is 0. The Morgan fingerprint density at radius 2 is 1.67 bits per heavy atom. The van der Waals surface area contributed by atoms with E-state index in [2.05, 4.69) is 0 Å². The molecule has 0 aromatic rings. The predicted molar refractivity (Wildman–Crippen MR) is 43.5 cm³/mol. The molecule has 0 aromatic heterocycles. The van der Waals surface area contributed by atoms with Crippen molar-refractivity contribution in [2.24, 2.45) is 11.3 Å². The number of aldehydes is 1. The summed E-state index contributed by atoms with van der Waals surface area (Å²) in [4.78, 5) is 10.2. The van der Waals surface area contributed by atoms with Gasteiger partial charge < -0.3 is 20.1 Å². The Balaban J connectivity index is 4.34. The molecule has 0 radical (unpaired) electrons. The van der Waals surface area contributed by atoms with Crippen LogP contribution in [0.15, 0.2) is 0 Å². The van der Waals surface area contributed by atoms with Gasteiger partial charge in [-0.3, -0.25) is 0 Å². The third-order valence-electron chi connectivity index (χ3n) is 2.44. The molecule has 0 saturated carbocycles. The summed E-state index contributed by atoms with van der Waals surface area (Å²) in [6.07, 6.45) is 0.960. The van der Waals surface area contributed by atoms with E-state index in [1.54, 1.807) is 6.92 Å². The highest BCUT2D eigenvalue weighted by atomic mass is 16.3. The van der Waals surface area contributed by atoms with Gasteiger partial charge in [-0.2, -0.15) is 0 Å². The summed E-state index contributed by atoms with van der Waals surface area (Å²) >= 11 is 0. The molecular weight excluding hydrogens is 160 g/mol. The molecule has 3 N–H and O–H groups in total. The Kier molecular flexibility index (Phi) is 5.04. The quantitative estimate of drug-likeness (QED) is 0.462. The Morgan fingerprint density at radius 3 is 1.92 bits per heavy atom. The van der Waals surface area contributed by atoms with Gasteiger partial charge in [-0.1, -0.05) is 6.92 Å². The third kappa shape index (κ3) is 2.27. The highest BCUT2D eigenvalue weighted by Gasteiger charge is 2.34. The van der Waals surface area contributed by atoms with Crippen LogP contribution in [0.4, 0.5) is 0 Å². The summed E-state index contributed by atoms with van der Waals surface area (Å²) in [5.74, 6) is -0.213. The van der Waals surface area contributed by atoms with Gasteiger partial charge in [-0.15, -0.1) is 0 Å². The molecule has 0 rings (SSSR count). The van der Waals surface area contributed by atoms with Crippen molar-refractivity contribution in [2.45, 2.75) is 13.3 Å². The number of hydrogen-bond acceptors (Lipinski definition) is 4. The van der Waals surface area contributed by atoms with Crippen molar-refractivity contribution in [2.75, 3.05) is 19.8 Å². The SMILES string of the molecule is CC(CC=O)C(CO)(CO)CO. The van der Waals surface area contributed by atoms with Crippen molar-refractivity contribution < 1.29 is 20.1 Å². The molecule has 0 bridgehead atoms. The molecule has 0 aliphatic heterocycles. The number of carbonyl (C=O) groups excluding carboxylic acids is 1. The fourth-order valence-corrected chi connectivity index (χ4v) is 1.01. The number of carbonyl (C=O) groups is 1. The van der Waals surface area contributed by atoms with Gasteiger partial charge in [0.2, 0.25) is 0 Å². The zero-order valence-corrected chi connectivity index (χ0v) is 7.23. The Morgan fingerprint density at radius 1 is 1.25 bits per heavy atom. The third-order valence-corrected chi connectivity index (χ3v) is 2.44. The minimum Gasteiger partial charge on any atom is -0.396 e. The number of hydrogen-bond donors (Lipinski definition) is 3. The van der Waals surface area contributed by atoms with E-state index in [0.717, 1.165) is 6.29 Å². The maximum absolute atomic E-state index is 10.2. The molecule has 72 valence electrons. The van der Waals surface area contributed by atoms with Gasteiger partial charge in [-0.25, -0.2) is 0 Å². The van der Waals surface area contributed by atoms with Crippen LogP contribution in [0.5, 0.6) is 0 Å². The molecule has 0 aliphatic carbocycles. The lowest BCUT2D eigenvalue weighted by molar-refractivity contribution is -0.111. The lowest BCUT2D eigenvalue weighted by Gasteiger charge is -2.32. The molecule has 4 heteroatoms. The van der Waals surface area contributed by atoms with Crippen molar-refractivity contribution in [1.29, 1.82) is 0 Å². The standard InChI is InChI=1S/C8H16O4/c1-7(2-3-9)8(4-10,5-11)6-12/h3,7,10-12H,2,4-6H2,1H3. The van der Waals surface area contributed by atoms with Crippen LogP contribution in [0.3, 0.4) is 0 Å². The summed E-state index contributed by atoms with van der Waals surface area (Å²) in [6, 6.07) is 0. The van der Waals surface area contributed by atoms with E-state index in [-0.39, 0.29) is 32.2 Å². The fraction of sp³-hybridized carbons (Fsp3) is 0.875. The van der Waals surface area contributed by atoms with Crippen molar-refractivity contribution in [3.63, 3.8) is 0 Å². The molecular formula is C8H16O4. The van der Waals surface area contributed by atoms with E-state index in [0.29, 0.717) is 0 Å².